The Morgan fingerprint density at radius 2 is 1.63 bits per heavy atom. The second kappa shape index (κ2) is 7.64. The Labute approximate surface area is 161 Å². The number of nitrogens with zero attached hydrogens (tertiary/aromatic N) is 1. The van der Waals surface area contributed by atoms with Gasteiger partial charge in [-0.05, 0) is 71.6 Å². The highest BCUT2D eigenvalue weighted by Gasteiger charge is 2.44. The van der Waals surface area contributed by atoms with Crippen LogP contribution in [0, 0.1) is 17.2 Å². The molecule has 2 aromatic carbocycles. The van der Waals surface area contributed by atoms with Gasteiger partial charge in [0.2, 0.25) is 0 Å². The predicted molar refractivity (Wildman–Crippen MR) is 106 cm³/mol. The summed E-state index contributed by atoms with van der Waals surface area (Å²) in [6.45, 7) is 0. The Balaban J connectivity index is 1.84. The van der Waals surface area contributed by atoms with Gasteiger partial charge in [0, 0.05) is 12.3 Å². The normalized spacial score (nSPS) is 26.4. The van der Waals surface area contributed by atoms with Crippen LogP contribution >= 0.6 is 0 Å². The number of hydrogen-bond acceptors (Lipinski definition) is 3. The Morgan fingerprint density at radius 1 is 0.926 bits per heavy atom. The molecule has 1 saturated carbocycles. The Bertz CT molecular complexity index is 836. The van der Waals surface area contributed by atoms with Gasteiger partial charge in [0.1, 0.15) is 11.5 Å². The molecule has 0 N–H and O–H groups in total. The van der Waals surface area contributed by atoms with Gasteiger partial charge < -0.3 is 9.47 Å². The van der Waals surface area contributed by atoms with E-state index >= 15 is 0 Å². The maximum absolute atomic E-state index is 9.59. The van der Waals surface area contributed by atoms with Crippen LogP contribution in [-0.4, -0.2) is 14.2 Å². The maximum Gasteiger partial charge on any atom is 0.119 e. The third kappa shape index (κ3) is 3.18. The van der Waals surface area contributed by atoms with Gasteiger partial charge in [0.25, 0.3) is 0 Å². The SMILES string of the molecule is COc1ccc([C@H]2[C@H]3CCCC[C@H]3c3cc(OC)ccc3[C@@H]2CC#N)cc1. The standard InChI is InChI=1S/C24H27NO2/c1-26-17-9-7-16(8-10-17)24-21-6-4-3-5-19(21)23-15-18(27-2)11-12-20(23)22(24)13-14-25/h7-12,15,19,21-22,24H,3-6,13H2,1-2H3/t19-,21+,22+,24+/m1/s1. The quantitative estimate of drug-likeness (QED) is 0.694. The summed E-state index contributed by atoms with van der Waals surface area (Å²) in [6, 6.07) is 17.5. The van der Waals surface area contributed by atoms with E-state index < -0.39 is 0 Å². The summed E-state index contributed by atoms with van der Waals surface area (Å²) in [6.07, 6.45) is 5.60. The highest BCUT2D eigenvalue weighted by Crippen LogP contribution is 2.57. The van der Waals surface area contributed by atoms with Gasteiger partial charge in [-0.15, -0.1) is 0 Å². The average Bonchev–Trinajstić information content (AvgIpc) is 2.74. The Morgan fingerprint density at radius 3 is 2.33 bits per heavy atom. The van der Waals surface area contributed by atoms with Crippen LogP contribution in [0.25, 0.3) is 0 Å². The van der Waals surface area contributed by atoms with Gasteiger partial charge in [-0.2, -0.15) is 5.26 Å². The molecule has 2 aliphatic rings. The molecule has 2 aliphatic carbocycles. The van der Waals surface area contributed by atoms with Crippen molar-refractivity contribution in [2.24, 2.45) is 5.92 Å². The minimum atomic E-state index is 0.239. The van der Waals surface area contributed by atoms with Crippen molar-refractivity contribution in [2.75, 3.05) is 14.2 Å². The molecule has 2 aromatic rings. The molecule has 27 heavy (non-hydrogen) atoms. The van der Waals surface area contributed by atoms with Crippen molar-refractivity contribution >= 4 is 0 Å². The van der Waals surface area contributed by atoms with Crippen LogP contribution in [0.2, 0.25) is 0 Å². The van der Waals surface area contributed by atoms with E-state index in [2.05, 4.69) is 48.5 Å². The van der Waals surface area contributed by atoms with Crippen LogP contribution in [0.5, 0.6) is 11.5 Å². The summed E-state index contributed by atoms with van der Waals surface area (Å²) < 4.78 is 10.9. The van der Waals surface area contributed by atoms with Crippen LogP contribution in [0.1, 0.15) is 66.5 Å². The van der Waals surface area contributed by atoms with Crippen LogP contribution < -0.4 is 9.47 Å². The van der Waals surface area contributed by atoms with Crippen LogP contribution in [0.4, 0.5) is 0 Å². The van der Waals surface area contributed by atoms with Gasteiger partial charge in [-0.25, -0.2) is 0 Å². The lowest BCUT2D eigenvalue weighted by atomic mass is 9.57. The third-order valence-corrected chi connectivity index (χ3v) is 6.62. The summed E-state index contributed by atoms with van der Waals surface area (Å²) in [7, 11) is 3.44. The molecule has 0 heterocycles. The molecule has 4 rings (SSSR count). The van der Waals surface area contributed by atoms with Gasteiger partial charge >= 0.3 is 0 Å². The number of ether oxygens (including phenoxy) is 2. The molecule has 1 fully saturated rings. The van der Waals surface area contributed by atoms with Crippen molar-refractivity contribution in [1.29, 1.82) is 5.26 Å². The summed E-state index contributed by atoms with van der Waals surface area (Å²) in [5, 5.41) is 9.59. The van der Waals surface area contributed by atoms with E-state index in [0.29, 0.717) is 24.2 Å². The lowest BCUT2D eigenvalue weighted by molar-refractivity contribution is 0.218. The molecular formula is C24H27NO2. The monoisotopic (exact) mass is 361 g/mol. The molecule has 0 aliphatic heterocycles. The molecule has 0 saturated heterocycles. The number of methoxy groups -OCH3 is 2. The second-order valence-electron chi connectivity index (χ2n) is 7.82. The van der Waals surface area contributed by atoms with Crippen molar-refractivity contribution in [3.05, 3.63) is 59.2 Å². The molecule has 3 heteroatoms. The predicted octanol–water partition coefficient (Wildman–Crippen LogP) is 5.77. The molecule has 0 amide bonds. The molecule has 0 bridgehead atoms. The average molecular weight is 361 g/mol. The second-order valence-corrected chi connectivity index (χ2v) is 7.82. The van der Waals surface area contributed by atoms with Crippen LogP contribution in [0.3, 0.4) is 0 Å². The van der Waals surface area contributed by atoms with E-state index in [1.54, 1.807) is 14.2 Å². The number of hydrogen-bond donors (Lipinski definition) is 0. The van der Waals surface area contributed by atoms with Crippen molar-refractivity contribution in [3.8, 4) is 17.6 Å². The number of nitriles is 1. The smallest absolute Gasteiger partial charge is 0.119 e. The third-order valence-electron chi connectivity index (χ3n) is 6.62. The van der Waals surface area contributed by atoms with Crippen molar-refractivity contribution in [1.82, 2.24) is 0 Å². The van der Waals surface area contributed by atoms with E-state index in [4.69, 9.17) is 9.47 Å². The molecule has 0 spiro atoms. The number of fused-ring (bicyclic) bond motifs is 3. The van der Waals surface area contributed by atoms with Crippen molar-refractivity contribution in [2.45, 2.75) is 49.9 Å². The van der Waals surface area contributed by atoms with Crippen molar-refractivity contribution < 1.29 is 9.47 Å². The molecule has 0 unspecified atom stereocenters. The van der Waals surface area contributed by atoms with E-state index in [9.17, 15) is 5.26 Å². The maximum atomic E-state index is 9.59. The zero-order valence-electron chi connectivity index (χ0n) is 16.2. The fraction of sp³-hybridized carbons (Fsp3) is 0.458. The number of benzene rings is 2. The fourth-order valence-corrected chi connectivity index (χ4v) is 5.45. The Hall–Kier alpha value is -2.47. The van der Waals surface area contributed by atoms with Crippen LogP contribution in [0.15, 0.2) is 42.5 Å². The van der Waals surface area contributed by atoms with Gasteiger partial charge in [-0.3, -0.25) is 0 Å². The highest BCUT2D eigenvalue weighted by molar-refractivity contribution is 5.47. The zero-order chi connectivity index (χ0) is 18.8. The summed E-state index contributed by atoms with van der Waals surface area (Å²) in [5.41, 5.74) is 4.11. The van der Waals surface area contributed by atoms with E-state index in [-0.39, 0.29) is 5.92 Å². The molecule has 0 aromatic heterocycles. The van der Waals surface area contributed by atoms with Gasteiger partial charge in [-0.1, -0.05) is 31.0 Å². The minimum Gasteiger partial charge on any atom is -0.497 e. The first-order valence-corrected chi connectivity index (χ1v) is 9.95. The highest BCUT2D eigenvalue weighted by atomic mass is 16.5. The molecule has 4 atom stereocenters. The van der Waals surface area contributed by atoms with E-state index in [1.807, 2.05) is 0 Å². The van der Waals surface area contributed by atoms with Crippen LogP contribution in [-0.2, 0) is 0 Å². The summed E-state index contributed by atoms with van der Waals surface area (Å²) in [4.78, 5) is 0. The van der Waals surface area contributed by atoms with E-state index in [1.165, 1.54) is 42.4 Å². The summed E-state index contributed by atoms with van der Waals surface area (Å²) >= 11 is 0. The van der Waals surface area contributed by atoms with E-state index in [0.717, 1.165) is 11.5 Å². The molecular weight excluding hydrogens is 334 g/mol. The lowest BCUT2D eigenvalue weighted by Crippen LogP contribution is -2.34. The minimum absolute atomic E-state index is 0.239. The topological polar surface area (TPSA) is 42.2 Å². The first kappa shape index (κ1) is 17.9. The molecule has 3 nitrogen and oxygen atoms in total. The number of rotatable bonds is 4. The van der Waals surface area contributed by atoms with Gasteiger partial charge in [0.15, 0.2) is 0 Å². The largest absolute Gasteiger partial charge is 0.497 e. The van der Waals surface area contributed by atoms with Gasteiger partial charge in [0.05, 0.1) is 20.3 Å². The first-order valence-electron chi connectivity index (χ1n) is 9.95. The zero-order valence-corrected chi connectivity index (χ0v) is 16.2. The van der Waals surface area contributed by atoms with Crippen molar-refractivity contribution in [3.63, 3.8) is 0 Å². The molecule has 140 valence electrons. The first-order chi connectivity index (χ1) is 13.3. The summed E-state index contributed by atoms with van der Waals surface area (Å²) in [5.74, 6) is 3.59. The lowest BCUT2D eigenvalue weighted by Gasteiger charge is -2.47. The Kier molecular flexibility index (Phi) is 5.07. The molecule has 0 radical (unpaired) electrons. The fourth-order valence-electron chi connectivity index (χ4n) is 5.45.